The number of thiophene rings is 1. The second-order valence-corrected chi connectivity index (χ2v) is 8.64. The number of thiazole rings is 1. The van der Waals surface area contributed by atoms with Gasteiger partial charge in [-0.05, 0) is 36.6 Å². The minimum Gasteiger partial charge on any atom is -0.351 e. The smallest absolute Gasteiger partial charge is 0.227 e. The van der Waals surface area contributed by atoms with Gasteiger partial charge in [0.15, 0.2) is 0 Å². The van der Waals surface area contributed by atoms with Gasteiger partial charge in [-0.3, -0.25) is 9.59 Å². The van der Waals surface area contributed by atoms with E-state index in [1.807, 2.05) is 24.4 Å². The lowest BCUT2D eigenvalue weighted by atomic mass is 10.1. The quantitative estimate of drug-likeness (QED) is 0.685. The van der Waals surface area contributed by atoms with Crippen molar-refractivity contribution in [3.05, 3.63) is 58.2 Å². The molecular weight excluding hydrogens is 397 g/mol. The lowest BCUT2D eigenvalue weighted by molar-refractivity contribution is -0.126. The predicted octanol–water partition coefficient (Wildman–Crippen LogP) is 3.99. The van der Waals surface area contributed by atoms with Crippen LogP contribution in [-0.4, -0.2) is 23.3 Å². The molecule has 1 saturated heterocycles. The summed E-state index contributed by atoms with van der Waals surface area (Å²) >= 11 is 3.20. The van der Waals surface area contributed by atoms with Gasteiger partial charge in [0.25, 0.3) is 0 Å². The molecule has 2 amide bonds. The molecule has 0 bridgehead atoms. The predicted molar refractivity (Wildman–Crippen MR) is 109 cm³/mol. The van der Waals surface area contributed by atoms with Crippen LogP contribution < -0.4 is 10.2 Å². The molecule has 4 rings (SSSR count). The van der Waals surface area contributed by atoms with Crippen molar-refractivity contribution in [2.45, 2.75) is 19.9 Å². The molecule has 1 aliphatic heterocycles. The van der Waals surface area contributed by atoms with Crippen LogP contribution >= 0.6 is 22.7 Å². The average molecular weight is 416 g/mol. The molecule has 3 aromatic rings. The van der Waals surface area contributed by atoms with Gasteiger partial charge in [0, 0.05) is 23.5 Å². The first kappa shape index (κ1) is 18.8. The minimum atomic E-state index is -0.444. The molecule has 3 heterocycles. The van der Waals surface area contributed by atoms with Crippen LogP contribution in [0.4, 0.5) is 10.1 Å². The van der Waals surface area contributed by atoms with Gasteiger partial charge in [-0.15, -0.1) is 22.7 Å². The maximum atomic E-state index is 13.4. The molecule has 1 N–H and O–H groups in total. The number of anilines is 1. The second kappa shape index (κ2) is 7.81. The summed E-state index contributed by atoms with van der Waals surface area (Å²) < 4.78 is 13.4. The van der Waals surface area contributed by atoms with E-state index in [2.05, 4.69) is 10.3 Å². The first-order valence-electron chi connectivity index (χ1n) is 8.85. The van der Waals surface area contributed by atoms with Crippen LogP contribution in [0.15, 0.2) is 41.8 Å². The molecule has 0 unspecified atom stereocenters. The normalized spacial score (nSPS) is 16.6. The zero-order chi connectivity index (χ0) is 19.7. The van der Waals surface area contributed by atoms with Crippen LogP contribution in [0.25, 0.3) is 9.88 Å². The van der Waals surface area contributed by atoms with Crippen LogP contribution in [0, 0.1) is 18.7 Å². The largest absolute Gasteiger partial charge is 0.351 e. The molecule has 144 valence electrons. The van der Waals surface area contributed by atoms with E-state index in [1.165, 1.54) is 17.0 Å². The van der Waals surface area contributed by atoms with E-state index in [4.69, 9.17) is 0 Å². The van der Waals surface area contributed by atoms with E-state index in [0.29, 0.717) is 12.2 Å². The zero-order valence-corrected chi connectivity index (χ0v) is 16.8. The van der Waals surface area contributed by atoms with E-state index in [9.17, 15) is 14.0 Å². The number of benzene rings is 1. The Morgan fingerprint density at radius 2 is 2.21 bits per heavy atom. The van der Waals surface area contributed by atoms with Gasteiger partial charge in [0.05, 0.1) is 23.0 Å². The number of amides is 2. The van der Waals surface area contributed by atoms with E-state index in [-0.39, 0.29) is 24.8 Å². The Labute approximate surface area is 169 Å². The number of halogens is 1. The van der Waals surface area contributed by atoms with Crippen molar-refractivity contribution in [1.29, 1.82) is 0 Å². The molecule has 1 aliphatic rings. The van der Waals surface area contributed by atoms with E-state index in [0.717, 1.165) is 20.5 Å². The summed E-state index contributed by atoms with van der Waals surface area (Å²) in [6.45, 7) is 2.58. The number of nitrogens with zero attached hydrogens (tertiary/aromatic N) is 2. The standard InChI is InChI=1S/C20H18FN3O2S2/c1-12-17(28-20(23-12)16-6-3-7-27-16)10-22-19(26)13-8-18(25)24(11-13)15-5-2-4-14(21)9-15/h2-7,9,13H,8,10-11H2,1H3,(H,22,26)/t13-/m1/s1. The van der Waals surface area contributed by atoms with Crippen LogP contribution in [0.2, 0.25) is 0 Å². The van der Waals surface area contributed by atoms with E-state index >= 15 is 0 Å². The Bertz CT molecular complexity index is 1020. The fourth-order valence-corrected chi connectivity index (χ4v) is 4.99. The third-order valence-electron chi connectivity index (χ3n) is 4.66. The average Bonchev–Trinajstić information content (AvgIpc) is 3.40. The van der Waals surface area contributed by atoms with E-state index in [1.54, 1.807) is 34.8 Å². The summed E-state index contributed by atoms with van der Waals surface area (Å²) in [7, 11) is 0. The molecule has 1 aromatic carbocycles. The third-order valence-corrected chi connectivity index (χ3v) is 6.86. The lowest BCUT2D eigenvalue weighted by Crippen LogP contribution is -2.32. The van der Waals surface area contributed by atoms with Crippen molar-refractivity contribution in [1.82, 2.24) is 10.3 Å². The molecule has 28 heavy (non-hydrogen) atoms. The highest BCUT2D eigenvalue weighted by molar-refractivity contribution is 7.21. The van der Waals surface area contributed by atoms with Crippen molar-refractivity contribution in [3.8, 4) is 9.88 Å². The first-order valence-corrected chi connectivity index (χ1v) is 10.5. The summed E-state index contributed by atoms with van der Waals surface area (Å²) in [5.41, 5.74) is 1.39. The summed E-state index contributed by atoms with van der Waals surface area (Å²) in [6, 6.07) is 9.88. The van der Waals surface area contributed by atoms with Gasteiger partial charge >= 0.3 is 0 Å². The summed E-state index contributed by atoms with van der Waals surface area (Å²) in [5.74, 6) is -1.18. The summed E-state index contributed by atoms with van der Waals surface area (Å²) in [5, 5.41) is 5.88. The van der Waals surface area contributed by atoms with Crippen LogP contribution in [0.5, 0.6) is 0 Å². The Balaban J connectivity index is 1.39. The molecule has 8 heteroatoms. The van der Waals surface area contributed by atoms with Crippen LogP contribution in [0.3, 0.4) is 0 Å². The number of aryl methyl sites for hydroxylation is 1. The number of rotatable bonds is 5. The highest BCUT2D eigenvalue weighted by Crippen LogP contribution is 2.31. The molecule has 1 atom stereocenters. The third kappa shape index (κ3) is 3.83. The molecule has 2 aromatic heterocycles. The maximum Gasteiger partial charge on any atom is 0.227 e. The molecule has 5 nitrogen and oxygen atoms in total. The molecule has 0 saturated carbocycles. The van der Waals surface area contributed by atoms with Gasteiger partial charge in [0.2, 0.25) is 11.8 Å². The summed E-state index contributed by atoms with van der Waals surface area (Å²) in [6.07, 6.45) is 0.129. The highest BCUT2D eigenvalue weighted by atomic mass is 32.1. The Morgan fingerprint density at radius 3 is 2.96 bits per heavy atom. The number of hydrogen-bond donors (Lipinski definition) is 1. The van der Waals surface area contributed by atoms with Gasteiger partial charge < -0.3 is 10.2 Å². The highest BCUT2D eigenvalue weighted by Gasteiger charge is 2.35. The van der Waals surface area contributed by atoms with Crippen LogP contribution in [0.1, 0.15) is 17.0 Å². The number of nitrogens with one attached hydrogen (secondary N) is 1. The fraction of sp³-hybridized carbons (Fsp3) is 0.250. The Morgan fingerprint density at radius 1 is 1.36 bits per heavy atom. The van der Waals surface area contributed by atoms with E-state index < -0.39 is 11.7 Å². The number of hydrogen-bond acceptors (Lipinski definition) is 5. The lowest BCUT2D eigenvalue weighted by Gasteiger charge is -2.16. The summed E-state index contributed by atoms with van der Waals surface area (Å²) in [4.78, 5) is 33.0. The number of aromatic nitrogens is 1. The van der Waals surface area contributed by atoms with Crippen molar-refractivity contribution in [3.63, 3.8) is 0 Å². The Kier molecular flexibility index (Phi) is 5.23. The van der Waals surface area contributed by atoms with Crippen LogP contribution in [-0.2, 0) is 16.1 Å². The fourth-order valence-electron chi connectivity index (χ4n) is 3.19. The van der Waals surface area contributed by atoms with Crippen molar-refractivity contribution < 1.29 is 14.0 Å². The monoisotopic (exact) mass is 415 g/mol. The Hall–Kier alpha value is -2.58. The van der Waals surface area contributed by atoms with Crippen molar-refractivity contribution in [2.24, 2.45) is 5.92 Å². The molecule has 0 radical (unpaired) electrons. The first-order chi connectivity index (χ1) is 13.5. The van der Waals surface area contributed by atoms with Crippen molar-refractivity contribution in [2.75, 3.05) is 11.4 Å². The topological polar surface area (TPSA) is 62.3 Å². The van der Waals surface area contributed by atoms with Gasteiger partial charge in [0.1, 0.15) is 10.8 Å². The maximum absolute atomic E-state index is 13.4. The number of carbonyl (C=O) groups is 2. The van der Waals surface area contributed by atoms with Gasteiger partial charge in [-0.1, -0.05) is 12.1 Å². The second-order valence-electron chi connectivity index (χ2n) is 6.61. The van der Waals surface area contributed by atoms with Gasteiger partial charge in [-0.2, -0.15) is 0 Å². The number of carbonyl (C=O) groups excluding carboxylic acids is 2. The SMILES string of the molecule is Cc1nc(-c2cccs2)sc1CNC(=O)[C@@H]1CC(=O)N(c2cccc(F)c2)C1. The molecule has 0 aliphatic carbocycles. The molecule has 1 fully saturated rings. The molecular formula is C20H18FN3O2S2. The molecule has 0 spiro atoms. The van der Waals surface area contributed by atoms with Gasteiger partial charge in [-0.25, -0.2) is 9.37 Å². The minimum absolute atomic E-state index is 0.129. The van der Waals surface area contributed by atoms with Crippen molar-refractivity contribution >= 4 is 40.2 Å². The zero-order valence-electron chi connectivity index (χ0n) is 15.1.